The molecular formula is C9H5NO3. The van der Waals surface area contributed by atoms with Gasteiger partial charge in [-0.25, -0.2) is 0 Å². The summed E-state index contributed by atoms with van der Waals surface area (Å²) >= 11 is 0. The van der Waals surface area contributed by atoms with Gasteiger partial charge in [0.15, 0.2) is 0 Å². The summed E-state index contributed by atoms with van der Waals surface area (Å²) in [6.07, 6.45) is 0. The Morgan fingerprint density at radius 1 is 1.15 bits per heavy atom. The van der Waals surface area contributed by atoms with Crippen molar-refractivity contribution in [1.29, 1.82) is 0 Å². The van der Waals surface area contributed by atoms with Gasteiger partial charge in [-0.05, 0) is 5.56 Å². The average molecular weight is 175 g/mol. The van der Waals surface area contributed by atoms with E-state index >= 15 is 0 Å². The molecule has 0 aliphatic carbocycles. The molecule has 2 aromatic rings. The van der Waals surface area contributed by atoms with E-state index in [1.165, 1.54) is 0 Å². The topological polar surface area (TPSA) is 60.2 Å². The van der Waals surface area contributed by atoms with Crippen LogP contribution in [0.15, 0.2) is 35.1 Å². The first-order chi connectivity index (χ1) is 6.22. The molecule has 0 bridgehead atoms. The van der Waals surface area contributed by atoms with E-state index in [9.17, 15) is 14.9 Å². The third kappa shape index (κ3) is 1.12. The summed E-state index contributed by atoms with van der Waals surface area (Å²) in [6.45, 7) is 0. The molecule has 0 heterocycles. The maximum atomic E-state index is 10.9. The van der Waals surface area contributed by atoms with Gasteiger partial charge in [-0.1, -0.05) is 30.3 Å². The minimum Gasteiger partial charge on any atom is -0.281 e. The molecule has 0 unspecified atom stereocenters. The molecule has 13 heavy (non-hydrogen) atoms. The van der Waals surface area contributed by atoms with Crippen LogP contribution in [0.3, 0.4) is 0 Å². The monoisotopic (exact) mass is 175 g/mol. The van der Waals surface area contributed by atoms with Gasteiger partial charge in [0.2, 0.25) is 0 Å². The highest BCUT2D eigenvalue weighted by molar-refractivity contribution is 5.84. The molecule has 0 saturated carbocycles. The fraction of sp³-hybridized carbons (Fsp3) is 0. The summed E-state index contributed by atoms with van der Waals surface area (Å²) in [4.78, 5) is 20.6. The van der Waals surface area contributed by atoms with Crippen LogP contribution in [0, 0.1) is 10.1 Å². The van der Waals surface area contributed by atoms with Crippen LogP contribution < -0.4 is 5.43 Å². The maximum Gasteiger partial charge on any atom is 0.329 e. The smallest absolute Gasteiger partial charge is 0.281 e. The molecule has 0 spiro atoms. The lowest BCUT2D eigenvalue weighted by Crippen LogP contribution is -1.84. The maximum absolute atomic E-state index is 10.9. The van der Waals surface area contributed by atoms with Crippen molar-refractivity contribution in [2.75, 3.05) is 0 Å². The Hall–Kier alpha value is -1.97. The lowest BCUT2D eigenvalue weighted by atomic mass is 10.2. The van der Waals surface area contributed by atoms with Gasteiger partial charge in [-0.15, -0.1) is 0 Å². The molecule has 4 heteroatoms. The molecule has 4 nitrogen and oxygen atoms in total. The van der Waals surface area contributed by atoms with Crippen molar-refractivity contribution in [3.63, 3.8) is 0 Å². The highest BCUT2D eigenvalue weighted by Crippen LogP contribution is 2.31. The van der Waals surface area contributed by atoms with Crippen LogP contribution in [-0.4, -0.2) is 4.92 Å². The van der Waals surface area contributed by atoms with E-state index in [-0.39, 0.29) is 11.3 Å². The van der Waals surface area contributed by atoms with Gasteiger partial charge in [-0.2, -0.15) is 0 Å². The highest BCUT2D eigenvalue weighted by Gasteiger charge is 2.35. The fourth-order valence-corrected chi connectivity index (χ4v) is 1.21. The van der Waals surface area contributed by atoms with Crippen LogP contribution in [0.25, 0.3) is 11.1 Å². The van der Waals surface area contributed by atoms with Crippen LogP contribution >= 0.6 is 0 Å². The van der Waals surface area contributed by atoms with Crippen LogP contribution in [0.2, 0.25) is 0 Å². The summed E-state index contributed by atoms with van der Waals surface area (Å²) < 4.78 is 0. The standard InChI is InChI=1S/C9H5NO3/c11-9-7(8(9)10(12)13)6-4-2-1-3-5-6/h1-5H. The molecular weight excluding hydrogens is 170 g/mol. The van der Waals surface area contributed by atoms with Gasteiger partial charge in [0.1, 0.15) is 5.56 Å². The largest absolute Gasteiger partial charge is 0.329 e. The van der Waals surface area contributed by atoms with Crippen molar-refractivity contribution >= 4 is 5.69 Å². The highest BCUT2D eigenvalue weighted by atomic mass is 16.6. The van der Waals surface area contributed by atoms with E-state index in [2.05, 4.69) is 0 Å². The van der Waals surface area contributed by atoms with E-state index in [0.29, 0.717) is 5.56 Å². The van der Waals surface area contributed by atoms with Gasteiger partial charge in [-0.3, -0.25) is 14.9 Å². The van der Waals surface area contributed by atoms with E-state index < -0.39 is 10.4 Å². The third-order valence-electron chi connectivity index (χ3n) is 1.86. The van der Waals surface area contributed by atoms with Gasteiger partial charge < -0.3 is 0 Å². The summed E-state index contributed by atoms with van der Waals surface area (Å²) in [5.74, 6) is 0. The van der Waals surface area contributed by atoms with Crippen LogP contribution in [0.4, 0.5) is 5.69 Å². The minimum absolute atomic E-state index is 0.241. The first-order valence-electron chi connectivity index (χ1n) is 3.70. The van der Waals surface area contributed by atoms with Crippen molar-refractivity contribution in [3.05, 3.63) is 50.7 Å². The predicted molar refractivity (Wildman–Crippen MR) is 47.2 cm³/mol. The molecule has 0 aliphatic rings. The predicted octanol–water partition coefficient (Wildman–Crippen LogP) is 1.50. The van der Waals surface area contributed by atoms with Crippen LogP contribution in [0.1, 0.15) is 0 Å². The zero-order valence-electron chi connectivity index (χ0n) is 6.56. The second kappa shape index (κ2) is 2.52. The van der Waals surface area contributed by atoms with Gasteiger partial charge in [0.25, 0.3) is 5.43 Å². The first kappa shape index (κ1) is 7.67. The molecule has 2 rings (SSSR count). The zero-order valence-corrected chi connectivity index (χ0v) is 6.56. The Kier molecular flexibility index (Phi) is 1.48. The molecule has 0 fully saturated rings. The van der Waals surface area contributed by atoms with Gasteiger partial charge in [0, 0.05) is 0 Å². The number of hydrogen-bond acceptors (Lipinski definition) is 3. The van der Waals surface area contributed by atoms with Crippen molar-refractivity contribution in [3.8, 4) is 11.1 Å². The molecule has 0 N–H and O–H groups in total. The van der Waals surface area contributed by atoms with E-state index in [1.807, 2.05) is 0 Å². The third-order valence-corrected chi connectivity index (χ3v) is 1.86. The van der Waals surface area contributed by atoms with E-state index in [4.69, 9.17) is 0 Å². The summed E-state index contributed by atoms with van der Waals surface area (Å²) in [7, 11) is 0. The van der Waals surface area contributed by atoms with Crippen molar-refractivity contribution in [2.24, 2.45) is 0 Å². The Balaban J connectivity index is 2.45. The Labute approximate surface area is 73.3 Å². The van der Waals surface area contributed by atoms with Gasteiger partial charge in [0.05, 0.1) is 4.92 Å². The van der Waals surface area contributed by atoms with E-state index in [1.54, 1.807) is 30.3 Å². The molecule has 2 aromatic carbocycles. The normalized spacial score (nSPS) is 10.5. The summed E-state index contributed by atoms with van der Waals surface area (Å²) in [5.41, 5.74) is 0.146. The van der Waals surface area contributed by atoms with Crippen molar-refractivity contribution in [1.82, 2.24) is 0 Å². The average Bonchev–Trinajstić information content (AvgIpc) is 2.79. The van der Waals surface area contributed by atoms with Crippen molar-refractivity contribution in [2.45, 2.75) is 0 Å². The Morgan fingerprint density at radius 3 is 2.23 bits per heavy atom. The first-order valence-corrected chi connectivity index (χ1v) is 3.70. The van der Waals surface area contributed by atoms with Crippen LogP contribution in [-0.2, 0) is 0 Å². The molecule has 0 saturated heterocycles. The zero-order chi connectivity index (χ0) is 9.42. The van der Waals surface area contributed by atoms with Crippen molar-refractivity contribution < 1.29 is 4.92 Å². The van der Waals surface area contributed by atoms with Crippen LogP contribution in [0.5, 0.6) is 0 Å². The summed E-state index contributed by atoms with van der Waals surface area (Å²) in [5, 5.41) is 10.3. The van der Waals surface area contributed by atoms with Gasteiger partial charge >= 0.3 is 5.69 Å². The second-order valence-corrected chi connectivity index (χ2v) is 2.68. The SMILES string of the molecule is O=c1c(-c2ccccc2)c1[N+](=O)[O-]. The van der Waals surface area contributed by atoms with E-state index in [0.717, 1.165) is 0 Å². The molecule has 0 aliphatic heterocycles. The minimum atomic E-state index is -0.634. The Bertz CT molecular complexity index is 466. The summed E-state index contributed by atoms with van der Waals surface area (Å²) in [6, 6.07) is 8.65. The molecule has 0 radical (unpaired) electrons. The quantitative estimate of drug-likeness (QED) is 0.513. The number of rotatable bonds is 2. The molecule has 0 amide bonds. The number of hydrogen-bond donors (Lipinski definition) is 0. The lowest BCUT2D eigenvalue weighted by Gasteiger charge is -1.86. The second-order valence-electron chi connectivity index (χ2n) is 2.68. The molecule has 0 atom stereocenters. The molecule has 64 valence electrons. The fourth-order valence-electron chi connectivity index (χ4n) is 1.21. The Morgan fingerprint density at radius 2 is 1.77 bits per heavy atom. The number of nitrogens with zero attached hydrogens (tertiary/aromatic N) is 1. The lowest BCUT2D eigenvalue weighted by molar-refractivity contribution is -0.380. The molecule has 0 aromatic heterocycles. The number of nitro groups is 1. The number of benzene rings is 1.